The molecule has 0 spiro atoms. The van der Waals surface area contributed by atoms with Crippen molar-refractivity contribution in [2.75, 3.05) is 26.9 Å². The number of hydrogen-bond acceptors (Lipinski definition) is 3. The van der Waals surface area contributed by atoms with E-state index in [2.05, 4.69) is 5.32 Å². The predicted molar refractivity (Wildman–Crippen MR) is 61.8 cm³/mol. The van der Waals surface area contributed by atoms with Crippen LogP contribution in [-0.4, -0.2) is 26.9 Å². The van der Waals surface area contributed by atoms with Gasteiger partial charge < -0.3 is 14.8 Å². The van der Waals surface area contributed by atoms with E-state index < -0.39 is 0 Å². The van der Waals surface area contributed by atoms with Gasteiger partial charge in [0.25, 0.3) is 0 Å². The summed E-state index contributed by atoms with van der Waals surface area (Å²) in [5, 5.41) is 3.30. The van der Waals surface area contributed by atoms with E-state index >= 15 is 0 Å². The molecule has 1 saturated heterocycles. The lowest BCUT2D eigenvalue weighted by Gasteiger charge is -2.24. The summed E-state index contributed by atoms with van der Waals surface area (Å²) < 4.78 is 23.4. The molecule has 0 aliphatic carbocycles. The van der Waals surface area contributed by atoms with Gasteiger partial charge in [-0.3, -0.25) is 0 Å². The summed E-state index contributed by atoms with van der Waals surface area (Å²) in [6.45, 7) is 2.17. The van der Waals surface area contributed by atoms with E-state index in [4.69, 9.17) is 9.47 Å². The molecule has 1 aliphatic rings. The standard InChI is InChI=1S/C11H14FNO2.ClH/c1-14-11-6-8(2-3-9(11)12)10-7-15-5-4-13-10;/h2-3,6,10,13H,4-5,7H2,1H3;1H/t10-;/m1./s1. The molecule has 1 aliphatic heterocycles. The molecule has 0 unspecified atom stereocenters. The van der Waals surface area contributed by atoms with Gasteiger partial charge in [-0.1, -0.05) is 6.07 Å². The number of rotatable bonds is 2. The zero-order valence-corrected chi connectivity index (χ0v) is 9.85. The maximum absolute atomic E-state index is 13.2. The third-order valence-electron chi connectivity index (χ3n) is 2.50. The molecular formula is C11H15ClFNO2. The molecule has 0 saturated carbocycles. The molecule has 2 rings (SSSR count). The highest BCUT2D eigenvalue weighted by Crippen LogP contribution is 2.23. The van der Waals surface area contributed by atoms with Crippen LogP contribution in [0.15, 0.2) is 18.2 Å². The maximum atomic E-state index is 13.2. The fourth-order valence-corrected chi connectivity index (χ4v) is 1.67. The Morgan fingerprint density at radius 2 is 2.31 bits per heavy atom. The first kappa shape index (κ1) is 13.2. The van der Waals surface area contributed by atoms with Crippen molar-refractivity contribution < 1.29 is 13.9 Å². The summed E-state index contributed by atoms with van der Waals surface area (Å²) in [4.78, 5) is 0. The molecule has 3 nitrogen and oxygen atoms in total. The van der Waals surface area contributed by atoms with Gasteiger partial charge >= 0.3 is 0 Å². The molecule has 0 amide bonds. The molecule has 1 N–H and O–H groups in total. The van der Waals surface area contributed by atoms with Crippen LogP contribution in [0.5, 0.6) is 5.75 Å². The van der Waals surface area contributed by atoms with Crippen LogP contribution >= 0.6 is 12.4 Å². The third kappa shape index (κ3) is 2.84. The highest BCUT2D eigenvalue weighted by molar-refractivity contribution is 5.85. The molecule has 1 atom stereocenters. The molecule has 16 heavy (non-hydrogen) atoms. The Bertz CT molecular complexity index is 343. The average molecular weight is 248 g/mol. The van der Waals surface area contributed by atoms with Crippen molar-refractivity contribution in [2.24, 2.45) is 0 Å². The second-order valence-corrected chi connectivity index (χ2v) is 3.48. The van der Waals surface area contributed by atoms with Crippen LogP contribution in [0.25, 0.3) is 0 Å². The van der Waals surface area contributed by atoms with E-state index in [9.17, 15) is 4.39 Å². The quantitative estimate of drug-likeness (QED) is 0.866. The maximum Gasteiger partial charge on any atom is 0.165 e. The second-order valence-electron chi connectivity index (χ2n) is 3.48. The Morgan fingerprint density at radius 3 is 2.94 bits per heavy atom. The van der Waals surface area contributed by atoms with Crippen molar-refractivity contribution >= 4 is 12.4 Å². The largest absolute Gasteiger partial charge is 0.494 e. The fraction of sp³-hybridized carbons (Fsp3) is 0.455. The molecule has 5 heteroatoms. The Hall–Kier alpha value is -0.840. The Morgan fingerprint density at radius 1 is 1.50 bits per heavy atom. The number of nitrogens with one attached hydrogen (secondary N) is 1. The highest BCUT2D eigenvalue weighted by atomic mass is 35.5. The van der Waals surface area contributed by atoms with Gasteiger partial charge in [-0.15, -0.1) is 12.4 Å². The zero-order valence-electron chi connectivity index (χ0n) is 9.03. The minimum absolute atomic E-state index is 0. The minimum Gasteiger partial charge on any atom is -0.494 e. The molecule has 1 aromatic rings. The molecule has 0 radical (unpaired) electrons. The van der Waals surface area contributed by atoms with Crippen molar-refractivity contribution in [3.05, 3.63) is 29.6 Å². The Balaban J connectivity index is 0.00000128. The van der Waals surface area contributed by atoms with Gasteiger partial charge in [0.1, 0.15) is 0 Å². The molecule has 90 valence electrons. The number of methoxy groups -OCH3 is 1. The van der Waals surface area contributed by atoms with Crippen molar-refractivity contribution in [3.8, 4) is 5.75 Å². The summed E-state index contributed by atoms with van der Waals surface area (Å²) in [7, 11) is 1.47. The zero-order chi connectivity index (χ0) is 10.7. The lowest BCUT2D eigenvalue weighted by Crippen LogP contribution is -2.34. The van der Waals surface area contributed by atoms with Gasteiger partial charge in [0, 0.05) is 6.54 Å². The van der Waals surface area contributed by atoms with Crippen molar-refractivity contribution in [2.45, 2.75) is 6.04 Å². The molecular weight excluding hydrogens is 233 g/mol. The van der Waals surface area contributed by atoms with Crippen molar-refractivity contribution in [1.29, 1.82) is 0 Å². The number of benzene rings is 1. The van der Waals surface area contributed by atoms with E-state index in [1.54, 1.807) is 12.1 Å². The lowest BCUT2D eigenvalue weighted by atomic mass is 10.1. The number of morpholine rings is 1. The topological polar surface area (TPSA) is 30.5 Å². The predicted octanol–water partition coefficient (Wildman–Crippen LogP) is 1.92. The van der Waals surface area contributed by atoms with Crippen LogP contribution in [0.1, 0.15) is 11.6 Å². The van der Waals surface area contributed by atoms with E-state index in [1.807, 2.05) is 0 Å². The molecule has 1 aromatic carbocycles. The Labute approximate surface area is 100 Å². The molecule has 0 bridgehead atoms. The highest BCUT2D eigenvalue weighted by Gasteiger charge is 2.16. The Kier molecular flexibility index (Phi) is 4.99. The van der Waals surface area contributed by atoms with Gasteiger partial charge in [0.15, 0.2) is 11.6 Å². The first-order valence-corrected chi connectivity index (χ1v) is 4.96. The minimum atomic E-state index is -0.335. The number of halogens is 2. The van der Waals surface area contributed by atoms with Gasteiger partial charge in [-0.05, 0) is 17.7 Å². The van der Waals surface area contributed by atoms with E-state index in [-0.39, 0.29) is 30.0 Å². The van der Waals surface area contributed by atoms with Crippen LogP contribution in [0.3, 0.4) is 0 Å². The van der Waals surface area contributed by atoms with Crippen LogP contribution in [0.4, 0.5) is 4.39 Å². The first-order chi connectivity index (χ1) is 7.31. The first-order valence-electron chi connectivity index (χ1n) is 4.96. The van der Waals surface area contributed by atoms with Gasteiger partial charge in [-0.25, -0.2) is 4.39 Å². The second kappa shape index (κ2) is 6.03. The lowest BCUT2D eigenvalue weighted by molar-refractivity contribution is 0.0768. The van der Waals surface area contributed by atoms with Gasteiger partial charge in [0.2, 0.25) is 0 Å². The molecule has 1 heterocycles. The van der Waals surface area contributed by atoms with Crippen molar-refractivity contribution in [1.82, 2.24) is 5.32 Å². The van der Waals surface area contributed by atoms with Crippen molar-refractivity contribution in [3.63, 3.8) is 0 Å². The summed E-state index contributed by atoms with van der Waals surface area (Å²) in [5.41, 5.74) is 0.993. The van der Waals surface area contributed by atoms with Crippen LogP contribution in [0, 0.1) is 5.82 Å². The molecule has 1 fully saturated rings. The van der Waals surface area contributed by atoms with E-state index in [0.717, 1.165) is 18.7 Å². The van der Waals surface area contributed by atoms with Gasteiger partial charge in [-0.2, -0.15) is 0 Å². The smallest absolute Gasteiger partial charge is 0.165 e. The van der Waals surface area contributed by atoms with Crippen LogP contribution in [-0.2, 0) is 4.74 Å². The monoisotopic (exact) mass is 247 g/mol. The van der Waals surface area contributed by atoms with Crippen LogP contribution < -0.4 is 10.1 Å². The summed E-state index contributed by atoms with van der Waals surface area (Å²) in [5.74, 6) is -0.0575. The SMILES string of the molecule is COc1cc([C@H]2COCCN2)ccc1F.Cl. The summed E-state index contributed by atoms with van der Waals surface area (Å²) >= 11 is 0. The average Bonchev–Trinajstić information content (AvgIpc) is 2.31. The summed E-state index contributed by atoms with van der Waals surface area (Å²) in [6, 6.07) is 5.02. The van der Waals surface area contributed by atoms with E-state index in [0.29, 0.717) is 6.61 Å². The van der Waals surface area contributed by atoms with E-state index in [1.165, 1.54) is 13.2 Å². The molecule has 0 aromatic heterocycles. The number of ether oxygens (including phenoxy) is 2. The van der Waals surface area contributed by atoms with Crippen LogP contribution in [0.2, 0.25) is 0 Å². The van der Waals surface area contributed by atoms with Gasteiger partial charge in [0.05, 0.1) is 26.4 Å². The number of hydrogen-bond donors (Lipinski definition) is 1. The fourth-order valence-electron chi connectivity index (χ4n) is 1.67. The normalized spacial score (nSPS) is 20.0. The third-order valence-corrected chi connectivity index (χ3v) is 2.50. The summed E-state index contributed by atoms with van der Waals surface area (Å²) in [6.07, 6.45) is 0.